The number of halogens is 4. The molecule has 0 saturated carbocycles. The number of nitrogens with one attached hydrogen (secondary N) is 1. The van der Waals surface area contributed by atoms with Crippen molar-refractivity contribution < 1.29 is 14.3 Å². The lowest BCUT2D eigenvalue weighted by molar-refractivity contribution is -0.142. The van der Waals surface area contributed by atoms with Crippen LogP contribution < -0.4 is 10.1 Å². The van der Waals surface area contributed by atoms with Crippen molar-refractivity contribution in [2.45, 2.75) is 32.9 Å². The van der Waals surface area contributed by atoms with Gasteiger partial charge in [-0.2, -0.15) is 0 Å². The summed E-state index contributed by atoms with van der Waals surface area (Å²) < 4.78 is 6.28. The number of amides is 2. The zero-order chi connectivity index (χ0) is 22.3. The molecule has 0 unspecified atom stereocenters. The second-order valence-electron chi connectivity index (χ2n) is 6.60. The number of benzene rings is 2. The predicted octanol–water partition coefficient (Wildman–Crippen LogP) is 5.73. The van der Waals surface area contributed by atoms with Crippen LogP contribution in [-0.4, -0.2) is 35.9 Å². The van der Waals surface area contributed by atoms with Gasteiger partial charge in [-0.1, -0.05) is 47.8 Å². The van der Waals surface area contributed by atoms with Gasteiger partial charge in [0.25, 0.3) is 5.91 Å². The van der Waals surface area contributed by atoms with Crippen molar-refractivity contribution in [2.75, 3.05) is 13.2 Å². The lowest BCUT2D eigenvalue weighted by atomic mass is 10.1. The molecule has 162 valence electrons. The average Bonchev–Trinajstić information content (AvgIpc) is 2.71. The molecule has 0 spiro atoms. The molecule has 2 aromatic carbocycles. The third-order valence-electron chi connectivity index (χ3n) is 4.30. The maximum absolute atomic E-state index is 13.0. The molecule has 0 saturated heterocycles. The van der Waals surface area contributed by atoms with Gasteiger partial charge in [-0.25, -0.2) is 0 Å². The van der Waals surface area contributed by atoms with Crippen LogP contribution in [0.15, 0.2) is 40.9 Å². The summed E-state index contributed by atoms with van der Waals surface area (Å²) in [7, 11) is 0. The summed E-state index contributed by atoms with van der Waals surface area (Å²) in [6.07, 6.45) is 0.799. The number of carbonyl (C=O) groups excluding carboxylic acids is 2. The minimum atomic E-state index is -0.698. The highest BCUT2D eigenvalue weighted by Crippen LogP contribution is 2.28. The monoisotopic (exact) mass is 534 g/mol. The van der Waals surface area contributed by atoms with E-state index in [1.165, 1.54) is 4.90 Å². The Kier molecular flexibility index (Phi) is 9.75. The molecule has 1 atom stereocenters. The van der Waals surface area contributed by atoms with E-state index < -0.39 is 6.04 Å². The topological polar surface area (TPSA) is 58.6 Å². The van der Waals surface area contributed by atoms with Crippen LogP contribution in [0.1, 0.15) is 25.8 Å². The fraction of sp³-hybridized carbons (Fsp3) is 0.333. The second-order valence-corrected chi connectivity index (χ2v) is 8.71. The molecule has 0 bridgehead atoms. The molecule has 0 aliphatic rings. The lowest BCUT2D eigenvalue weighted by Crippen LogP contribution is -2.49. The molecule has 0 aromatic heterocycles. The van der Waals surface area contributed by atoms with E-state index in [4.69, 9.17) is 39.5 Å². The quantitative estimate of drug-likeness (QED) is 0.445. The summed E-state index contributed by atoms with van der Waals surface area (Å²) in [5, 5.41) is 4.16. The number of hydrogen-bond donors (Lipinski definition) is 1. The molecule has 30 heavy (non-hydrogen) atoms. The van der Waals surface area contributed by atoms with E-state index in [0.717, 1.165) is 12.0 Å². The van der Waals surface area contributed by atoms with Crippen LogP contribution in [0.2, 0.25) is 15.1 Å². The van der Waals surface area contributed by atoms with Gasteiger partial charge in [0.15, 0.2) is 6.61 Å². The Balaban J connectivity index is 2.18. The van der Waals surface area contributed by atoms with Gasteiger partial charge in [0.05, 0.1) is 14.5 Å². The molecule has 0 radical (unpaired) electrons. The van der Waals surface area contributed by atoms with Crippen molar-refractivity contribution in [1.82, 2.24) is 10.2 Å². The van der Waals surface area contributed by atoms with Gasteiger partial charge in [0.2, 0.25) is 5.91 Å². The predicted molar refractivity (Wildman–Crippen MR) is 124 cm³/mol. The summed E-state index contributed by atoms with van der Waals surface area (Å²) in [6.45, 7) is 4.11. The minimum Gasteiger partial charge on any atom is -0.483 e. The van der Waals surface area contributed by atoms with Crippen molar-refractivity contribution in [3.8, 4) is 5.75 Å². The fourth-order valence-electron chi connectivity index (χ4n) is 2.63. The molecule has 2 amide bonds. The van der Waals surface area contributed by atoms with Crippen LogP contribution in [0, 0.1) is 0 Å². The molecule has 0 fully saturated rings. The number of rotatable bonds is 9. The Morgan fingerprint density at radius 1 is 1.13 bits per heavy atom. The zero-order valence-electron chi connectivity index (χ0n) is 16.6. The van der Waals surface area contributed by atoms with Gasteiger partial charge < -0.3 is 15.0 Å². The Hall–Kier alpha value is -1.47. The first-order valence-corrected chi connectivity index (χ1v) is 11.2. The zero-order valence-corrected chi connectivity index (χ0v) is 20.4. The summed E-state index contributed by atoms with van der Waals surface area (Å²) in [4.78, 5) is 27.0. The first-order valence-electron chi connectivity index (χ1n) is 9.31. The molecule has 2 rings (SSSR count). The summed E-state index contributed by atoms with van der Waals surface area (Å²) in [5.74, 6) is -0.106. The molecule has 1 N–H and O–H groups in total. The van der Waals surface area contributed by atoms with Crippen molar-refractivity contribution in [3.63, 3.8) is 0 Å². The van der Waals surface area contributed by atoms with Crippen LogP contribution >= 0.6 is 50.7 Å². The largest absolute Gasteiger partial charge is 0.483 e. The van der Waals surface area contributed by atoms with Crippen LogP contribution in [0.3, 0.4) is 0 Å². The van der Waals surface area contributed by atoms with E-state index in [-0.39, 0.29) is 25.0 Å². The minimum absolute atomic E-state index is 0.182. The highest BCUT2D eigenvalue weighted by atomic mass is 79.9. The van der Waals surface area contributed by atoms with Crippen molar-refractivity contribution >= 4 is 62.5 Å². The molecule has 5 nitrogen and oxygen atoms in total. The van der Waals surface area contributed by atoms with Crippen LogP contribution in [-0.2, 0) is 16.1 Å². The highest BCUT2D eigenvalue weighted by molar-refractivity contribution is 9.10. The van der Waals surface area contributed by atoms with E-state index in [1.807, 2.05) is 6.92 Å². The molecule has 9 heteroatoms. The summed E-state index contributed by atoms with van der Waals surface area (Å²) >= 11 is 21.4. The first kappa shape index (κ1) is 24.8. The van der Waals surface area contributed by atoms with Gasteiger partial charge in [0, 0.05) is 18.1 Å². The van der Waals surface area contributed by atoms with Gasteiger partial charge in [-0.05, 0) is 65.2 Å². The van der Waals surface area contributed by atoms with E-state index >= 15 is 0 Å². The van der Waals surface area contributed by atoms with Crippen molar-refractivity contribution in [3.05, 3.63) is 61.5 Å². The standard InChI is InChI=1S/C21H22BrCl3N2O3/c1-3-8-26-21(29)13(2)27(11-14-4-6-17(24)18(25)9-14)20(28)12-30-19-7-5-15(23)10-16(19)22/h4-7,9-10,13H,3,8,11-12H2,1-2H3,(H,26,29)/t13-/m1/s1. The molecule has 0 aliphatic heterocycles. The maximum atomic E-state index is 13.0. The van der Waals surface area contributed by atoms with E-state index in [2.05, 4.69) is 21.2 Å². The van der Waals surface area contributed by atoms with Gasteiger partial charge in [-0.3, -0.25) is 9.59 Å². The number of carbonyl (C=O) groups is 2. The van der Waals surface area contributed by atoms with Crippen molar-refractivity contribution in [2.24, 2.45) is 0 Å². The van der Waals surface area contributed by atoms with Crippen LogP contribution in [0.25, 0.3) is 0 Å². The molecule has 0 heterocycles. The van der Waals surface area contributed by atoms with Crippen LogP contribution in [0.5, 0.6) is 5.75 Å². The Bertz CT molecular complexity index is 911. The van der Waals surface area contributed by atoms with Crippen molar-refractivity contribution in [1.29, 1.82) is 0 Å². The fourth-order valence-corrected chi connectivity index (χ4v) is 3.75. The summed E-state index contributed by atoms with van der Waals surface area (Å²) in [6, 6.07) is 9.41. The Labute approximate surface area is 199 Å². The Morgan fingerprint density at radius 2 is 1.87 bits per heavy atom. The SMILES string of the molecule is CCCNC(=O)[C@@H](C)N(Cc1ccc(Cl)c(Cl)c1)C(=O)COc1ccc(Cl)cc1Br. The number of nitrogens with zero attached hydrogens (tertiary/aromatic N) is 1. The smallest absolute Gasteiger partial charge is 0.261 e. The van der Waals surface area contributed by atoms with E-state index in [1.54, 1.807) is 43.3 Å². The number of ether oxygens (including phenoxy) is 1. The molecule has 0 aliphatic carbocycles. The highest BCUT2D eigenvalue weighted by Gasteiger charge is 2.26. The third kappa shape index (κ3) is 7.05. The Morgan fingerprint density at radius 3 is 2.50 bits per heavy atom. The van der Waals surface area contributed by atoms with Crippen LogP contribution in [0.4, 0.5) is 0 Å². The molecule has 2 aromatic rings. The summed E-state index contributed by atoms with van der Waals surface area (Å²) in [5.41, 5.74) is 0.751. The normalized spacial score (nSPS) is 11.7. The first-order chi connectivity index (χ1) is 14.2. The lowest BCUT2D eigenvalue weighted by Gasteiger charge is -2.29. The van der Waals surface area contributed by atoms with Gasteiger partial charge in [-0.15, -0.1) is 0 Å². The van der Waals surface area contributed by atoms with E-state index in [9.17, 15) is 9.59 Å². The molecular formula is C21H22BrCl3N2O3. The van der Waals surface area contributed by atoms with E-state index in [0.29, 0.717) is 31.8 Å². The number of hydrogen-bond acceptors (Lipinski definition) is 3. The third-order valence-corrected chi connectivity index (χ3v) is 5.89. The maximum Gasteiger partial charge on any atom is 0.261 e. The second kappa shape index (κ2) is 11.8. The molecular weight excluding hydrogens is 515 g/mol. The van der Waals surface area contributed by atoms with Gasteiger partial charge in [0.1, 0.15) is 11.8 Å². The average molecular weight is 537 g/mol. The van der Waals surface area contributed by atoms with Gasteiger partial charge >= 0.3 is 0 Å².